The topological polar surface area (TPSA) is 73.9 Å². The second-order valence-corrected chi connectivity index (χ2v) is 6.87. The molecule has 0 amide bonds. The third kappa shape index (κ3) is 3.78. The van der Waals surface area contributed by atoms with Crippen LogP contribution in [0.5, 0.6) is 0 Å². The molecule has 3 heterocycles. The molecule has 1 saturated heterocycles. The Bertz CT molecular complexity index is 1080. The van der Waals surface area contributed by atoms with E-state index in [0.717, 1.165) is 11.9 Å². The first-order chi connectivity index (χ1) is 14.4. The third-order valence-corrected chi connectivity index (χ3v) is 4.95. The molecule has 2 aromatic heterocycles. The first-order valence-corrected chi connectivity index (χ1v) is 9.33. The number of anilines is 2. The number of alkyl halides is 3. The van der Waals surface area contributed by atoms with E-state index in [1.807, 2.05) is 11.0 Å². The van der Waals surface area contributed by atoms with Crippen LogP contribution in [0.4, 0.5) is 24.7 Å². The minimum Gasteiger partial charge on any atom is -0.367 e. The molecular formula is C20H18F3N7. The Morgan fingerprint density at radius 3 is 2.33 bits per heavy atom. The van der Waals surface area contributed by atoms with Crippen molar-refractivity contribution in [1.82, 2.24) is 19.7 Å². The lowest BCUT2D eigenvalue weighted by Gasteiger charge is -2.37. The molecule has 0 radical (unpaired) electrons. The Morgan fingerprint density at radius 2 is 1.70 bits per heavy atom. The van der Waals surface area contributed by atoms with Crippen molar-refractivity contribution in [2.75, 3.05) is 36.0 Å². The van der Waals surface area contributed by atoms with E-state index >= 15 is 0 Å². The van der Waals surface area contributed by atoms with E-state index < -0.39 is 11.7 Å². The van der Waals surface area contributed by atoms with Gasteiger partial charge in [0.25, 0.3) is 0 Å². The average molecular weight is 413 g/mol. The largest absolute Gasteiger partial charge is 0.417 e. The highest BCUT2D eigenvalue weighted by atomic mass is 19.4. The highest BCUT2D eigenvalue weighted by Crippen LogP contribution is 2.36. The number of nitrogens with zero attached hydrogens (tertiary/aromatic N) is 7. The Balaban J connectivity index is 1.55. The molecule has 1 aliphatic heterocycles. The van der Waals surface area contributed by atoms with Crippen molar-refractivity contribution in [1.29, 1.82) is 5.26 Å². The summed E-state index contributed by atoms with van der Waals surface area (Å²) in [5.41, 5.74) is -0.930. The van der Waals surface area contributed by atoms with Crippen molar-refractivity contribution >= 4 is 11.5 Å². The first kappa shape index (κ1) is 19.7. The molecule has 0 atom stereocenters. The second kappa shape index (κ2) is 7.67. The van der Waals surface area contributed by atoms with Gasteiger partial charge in [0.2, 0.25) is 0 Å². The monoisotopic (exact) mass is 413 g/mol. The molecule has 10 heteroatoms. The highest BCUT2D eigenvalue weighted by Gasteiger charge is 2.35. The van der Waals surface area contributed by atoms with Gasteiger partial charge >= 0.3 is 6.18 Å². The Labute approximate surface area is 171 Å². The predicted octanol–water partition coefficient (Wildman–Crippen LogP) is 3.19. The van der Waals surface area contributed by atoms with Crippen LogP contribution in [0, 0.1) is 18.3 Å². The number of piperazine rings is 1. The summed E-state index contributed by atoms with van der Waals surface area (Å²) in [7, 11) is 0. The van der Waals surface area contributed by atoms with Gasteiger partial charge in [-0.05, 0) is 25.1 Å². The lowest BCUT2D eigenvalue weighted by molar-refractivity contribution is -0.137. The molecule has 1 aliphatic rings. The number of hydrogen-bond donors (Lipinski definition) is 0. The van der Waals surface area contributed by atoms with E-state index in [1.54, 1.807) is 42.2 Å². The summed E-state index contributed by atoms with van der Waals surface area (Å²) in [6.45, 7) is 3.84. The summed E-state index contributed by atoms with van der Waals surface area (Å²) in [5, 5.41) is 13.6. The molecule has 0 aliphatic carbocycles. The smallest absolute Gasteiger partial charge is 0.367 e. The molecule has 0 unspecified atom stereocenters. The van der Waals surface area contributed by atoms with Crippen LogP contribution in [0.15, 0.2) is 42.7 Å². The molecule has 1 aromatic carbocycles. The quantitative estimate of drug-likeness (QED) is 0.657. The molecule has 3 aromatic rings. The second-order valence-electron chi connectivity index (χ2n) is 6.87. The fourth-order valence-electron chi connectivity index (χ4n) is 3.55. The Kier molecular flexibility index (Phi) is 5.03. The van der Waals surface area contributed by atoms with E-state index in [-0.39, 0.29) is 5.56 Å². The van der Waals surface area contributed by atoms with Gasteiger partial charge in [0.1, 0.15) is 17.7 Å². The number of nitriles is 1. The fourth-order valence-corrected chi connectivity index (χ4v) is 3.55. The van der Waals surface area contributed by atoms with Gasteiger partial charge in [-0.1, -0.05) is 6.07 Å². The summed E-state index contributed by atoms with van der Waals surface area (Å²) in [6, 6.07) is 9.22. The highest BCUT2D eigenvalue weighted by molar-refractivity contribution is 5.64. The maximum atomic E-state index is 13.3. The van der Waals surface area contributed by atoms with Gasteiger partial charge in [-0.15, -0.1) is 0 Å². The number of hydrogen-bond acceptors (Lipinski definition) is 6. The zero-order valence-corrected chi connectivity index (χ0v) is 16.1. The van der Waals surface area contributed by atoms with Crippen molar-refractivity contribution < 1.29 is 13.2 Å². The van der Waals surface area contributed by atoms with Crippen molar-refractivity contribution in [3.63, 3.8) is 0 Å². The van der Waals surface area contributed by atoms with Crippen LogP contribution in [0.2, 0.25) is 0 Å². The van der Waals surface area contributed by atoms with Crippen molar-refractivity contribution in [3.05, 3.63) is 59.7 Å². The lowest BCUT2D eigenvalue weighted by Crippen LogP contribution is -2.47. The van der Waals surface area contributed by atoms with E-state index in [4.69, 9.17) is 0 Å². The summed E-state index contributed by atoms with van der Waals surface area (Å²) in [4.78, 5) is 12.8. The van der Waals surface area contributed by atoms with E-state index in [1.165, 1.54) is 6.07 Å². The number of halogens is 3. The molecular weight excluding hydrogens is 395 g/mol. The van der Waals surface area contributed by atoms with Gasteiger partial charge in [-0.3, -0.25) is 0 Å². The van der Waals surface area contributed by atoms with Crippen molar-refractivity contribution in [3.8, 4) is 11.9 Å². The summed E-state index contributed by atoms with van der Waals surface area (Å²) < 4.78 is 41.4. The number of benzene rings is 1. The molecule has 0 spiro atoms. The Hall–Kier alpha value is -3.61. The van der Waals surface area contributed by atoms with Gasteiger partial charge in [0, 0.05) is 44.6 Å². The minimum atomic E-state index is -4.57. The zero-order chi connectivity index (χ0) is 21.3. The van der Waals surface area contributed by atoms with Gasteiger partial charge in [0.15, 0.2) is 5.82 Å². The number of aryl methyl sites for hydroxylation is 1. The standard InChI is InChI=1S/C20H18F3N7/c1-14-26-18(12-19(27-14)30-7-3-6-25-30)29-10-8-28(9-11-29)17-5-2-4-16(15(17)13-24)20(21,22)23/h2-7,12H,8-11H2,1H3. The predicted molar refractivity (Wildman–Crippen MR) is 104 cm³/mol. The molecule has 30 heavy (non-hydrogen) atoms. The zero-order valence-electron chi connectivity index (χ0n) is 16.1. The lowest BCUT2D eigenvalue weighted by atomic mass is 10.0. The average Bonchev–Trinajstić information content (AvgIpc) is 3.27. The van der Waals surface area contributed by atoms with Crippen LogP contribution >= 0.6 is 0 Å². The third-order valence-electron chi connectivity index (χ3n) is 4.95. The van der Waals surface area contributed by atoms with Crippen molar-refractivity contribution in [2.24, 2.45) is 0 Å². The SMILES string of the molecule is Cc1nc(N2CCN(c3cccc(C(F)(F)F)c3C#N)CC2)cc(-n2cccn2)n1. The maximum absolute atomic E-state index is 13.3. The first-order valence-electron chi connectivity index (χ1n) is 9.33. The Morgan fingerprint density at radius 1 is 1.00 bits per heavy atom. The minimum absolute atomic E-state index is 0.308. The summed E-state index contributed by atoms with van der Waals surface area (Å²) >= 11 is 0. The van der Waals surface area contributed by atoms with Crippen LogP contribution < -0.4 is 9.80 Å². The van der Waals surface area contributed by atoms with Crippen LogP contribution in [0.25, 0.3) is 5.82 Å². The molecule has 7 nitrogen and oxygen atoms in total. The van der Waals surface area contributed by atoms with Crippen LogP contribution in [0.1, 0.15) is 17.0 Å². The van der Waals surface area contributed by atoms with Crippen LogP contribution in [-0.4, -0.2) is 45.9 Å². The van der Waals surface area contributed by atoms with Crippen LogP contribution in [-0.2, 0) is 6.18 Å². The molecule has 4 rings (SSSR count). The normalized spacial score (nSPS) is 14.6. The van der Waals surface area contributed by atoms with Gasteiger partial charge in [-0.2, -0.15) is 23.5 Å². The molecule has 1 fully saturated rings. The molecule has 0 saturated carbocycles. The van der Waals surface area contributed by atoms with Gasteiger partial charge < -0.3 is 9.80 Å². The molecule has 0 bridgehead atoms. The fraction of sp³-hybridized carbons (Fsp3) is 0.300. The summed E-state index contributed by atoms with van der Waals surface area (Å²) in [5.74, 6) is 1.98. The molecule has 154 valence electrons. The van der Waals surface area contributed by atoms with Gasteiger partial charge in [0.05, 0.1) is 16.8 Å². The van der Waals surface area contributed by atoms with Crippen LogP contribution in [0.3, 0.4) is 0 Å². The van der Waals surface area contributed by atoms with Crippen molar-refractivity contribution in [2.45, 2.75) is 13.1 Å². The van der Waals surface area contributed by atoms with E-state index in [2.05, 4.69) is 20.0 Å². The van der Waals surface area contributed by atoms with E-state index in [0.29, 0.717) is 43.5 Å². The number of aromatic nitrogens is 4. The summed E-state index contributed by atoms with van der Waals surface area (Å²) in [6.07, 6.45) is -1.11. The maximum Gasteiger partial charge on any atom is 0.417 e. The van der Waals surface area contributed by atoms with E-state index in [9.17, 15) is 18.4 Å². The van der Waals surface area contributed by atoms with Gasteiger partial charge in [-0.25, -0.2) is 14.6 Å². The molecule has 0 N–H and O–H groups in total. The number of rotatable bonds is 3.